The van der Waals surface area contributed by atoms with Crippen LogP contribution in [0.4, 0.5) is 5.69 Å². The fraction of sp³-hybridized carbons (Fsp3) is 0.261. The Bertz CT molecular complexity index is 1030. The molecule has 3 aromatic rings. The maximum atomic E-state index is 12.3. The van der Waals surface area contributed by atoms with Crippen molar-refractivity contribution < 1.29 is 19.1 Å². The molecule has 3 rings (SSSR count). The molecule has 30 heavy (non-hydrogen) atoms. The monoisotopic (exact) mass is 407 g/mol. The van der Waals surface area contributed by atoms with Crippen molar-refractivity contribution in [3.8, 4) is 11.5 Å². The molecule has 2 amide bonds. The van der Waals surface area contributed by atoms with Crippen molar-refractivity contribution in [2.75, 3.05) is 25.1 Å². The summed E-state index contributed by atoms with van der Waals surface area (Å²) in [5.41, 5.74) is 2.11. The van der Waals surface area contributed by atoms with Gasteiger partial charge in [-0.3, -0.25) is 14.6 Å². The number of amides is 2. The number of ether oxygens (including phenoxy) is 2. The number of rotatable bonds is 8. The topological polar surface area (TPSA) is 89.5 Å². The molecule has 0 fully saturated rings. The molecule has 0 saturated heterocycles. The molecule has 0 atom stereocenters. The molecule has 2 aromatic carbocycles. The van der Waals surface area contributed by atoms with Crippen LogP contribution in [0.1, 0.15) is 19.4 Å². The molecular weight excluding hydrogens is 382 g/mol. The van der Waals surface area contributed by atoms with Crippen molar-refractivity contribution in [3.63, 3.8) is 0 Å². The van der Waals surface area contributed by atoms with E-state index in [4.69, 9.17) is 9.47 Å². The summed E-state index contributed by atoms with van der Waals surface area (Å²) in [4.78, 5) is 28.7. The molecule has 1 heterocycles. The lowest BCUT2D eigenvalue weighted by Gasteiger charge is -2.12. The molecule has 0 unspecified atom stereocenters. The average Bonchev–Trinajstić information content (AvgIpc) is 2.76. The average molecular weight is 407 g/mol. The van der Waals surface area contributed by atoms with Gasteiger partial charge in [0.2, 0.25) is 0 Å². The van der Waals surface area contributed by atoms with E-state index in [1.807, 2.05) is 50.2 Å². The lowest BCUT2D eigenvalue weighted by atomic mass is 10.1. The quantitative estimate of drug-likeness (QED) is 0.559. The third-order valence-corrected chi connectivity index (χ3v) is 4.39. The van der Waals surface area contributed by atoms with E-state index in [1.165, 1.54) is 0 Å². The summed E-state index contributed by atoms with van der Waals surface area (Å²) in [6.45, 7) is 5.23. The van der Waals surface area contributed by atoms with Gasteiger partial charge in [0.25, 0.3) is 0 Å². The summed E-state index contributed by atoms with van der Waals surface area (Å²) < 4.78 is 11.2. The standard InChI is InChI=1S/C23H25N3O4/c1-3-29-19-11-10-16(15-20(19)30-4-2)12-14-25-22(27)23(28)26-18-9-5-7-17-8-6-13-24-21(17)18/h5-11,13,15H,3-4,12,14H2,1-2H3,(H,25,27)(H,26,28). The Balaban J connectivity index is 1.56. The molecule has 1 aromatic heterocycles. The van der Waals surface area contributed by atoms with Gasteiger partial charge in [0.05, 0.1) is 24.4 Å². The van der Waals surface area contributed by atoms with E-state index in [0.29, 0.717) is 48.9 Å². The molecule has 0 aliphatic rings. The van der Waals surface area contributed by atoms with Crippen LogP contribution in [0.15, 0.2) is 54.7 Å². The van der Waals surface area contributed by atoms with E-state index in [9.17, 15) is 9.59 Å². The van der Waals surface area contributed by atoms with Gasteiger partial charge in [-0.1, -0.05) is 24.3 Å². The Hall–Kier alpha value is -3.61. The predicted octanol–water partition coefficient (Wildman–Crippen LogP) is 3.33. The summed E-state index contributed by atoms with van der Waals surface area (Å²) in [5.74, 6) is -0.0617. The molecule has 7 nitrogen and oxygen atoms in total. The van der Waals surface area contributed by atoms with Crippen molar-refractivity contribution in [1.82, 2.24) is 10.3 Å². The second kappa shape index (κ2) is 10.2. The van der Waals surface area contributed by atoms with Gasteiger partial charge in [-0.15, -0.1) is 0 Å². The Morgan fingerprint density at radius 1 is 0.933 bits per heavy atom. The first kappa shape index (κ1) is 21.1. The third kappa shape index (κ3) is 5.26. The number of nitrogens with zero attached hydrogens (tertiary/aromatic N) is 1. The van der Waals surface area contributed by atoms with E-state index in [1.54, 1.807) is 18.3 Å². The van der Waals surface area contributed by atoms with E-state index in [-0.39, 0.29) is 0 Å². The Morgan fingerprint density at radius 2 is 1.70 bits per heavy atom. The zero-order valence-corrected chi connectivity index (χ0v) is 17.1. The Morgan fingerprint density at radius 3 is 2.50 bits per heavy atom. The van der Waals surface area contributed by atoms with Crippen LogP contribution < -0.4 is 20.1 Å². The molecule has 0 bridgehead atoms. The number of para-hydroxylation sites is 1. The zero-order valence-electron chi connectivity index (χ0n) is 17.1. The van der Waals surface area contributed by atoms with Crippen molar-refractivity contribution in [3.05, 3.63) is 60.3 Å². The number of anilines is 1. The molecule has 156 valence electrons. The summed E-state index contributed by atoms with van der Waals surface area (Å²) in [6, 6.07) is 14.8. The first-order valence-electron chi connectivity index (χ1n) is 9.93. The van der Waals surface area contributed by atoms with Gasteiger partial charge in [0, 0.05) is 18.1 Å². The minimum absolute atomic E-state index is 0.319. The highest BCUT2D eigenvalue weighted by molar-refractivity contribution is 6.40. The molecule has 0 aliphatic carbocycles. The minimum Gasteiger partial charge on any atom is -0.490 e. The number of benzene rings is 2. The van der Waals surface area contributed by atoms with Gasteiger partial charge >= 0.3 is 11.8 Å². The largest absolute Gasteiger partial charge is 0.490 e. The van der Waals surface area contributed by atoms with E-state index in [0.717, 1.165) is 10.9 Å². The van der Waals surface area contributed by atoms with E-state index in [2.05, 4.69) is 15.6 Å². The van der Waals surface area contributed by atoms with Crippen LogP contribution in [0.2, 0.25) is 0 Å². The molecule has 0 spiro atoms. The molecular formula is C23H25N3O4. The SMILES string of the molecule is CCOc1ccc(CCNC(=O)C(=O)Nc2cccc3cccnc23)cc1OCC. The van der Waals surface area contributed by atoms with E-state index >= 15 is 0 Å². The highest BCUT2D eigenvalue weighted by Gasteiger charge is 2.15. The van der Waals surface area contributed by atoms with Crippen LogP contribution in [-0.2, 0) is 16.0 Å². The molecule has 0 saturated carbocycles. The second-order valence-corrected chi connectivity index (χ2v) is 6.49. The number of fused-ring (bicyclic) bond motifs is 1. The first-order chi connectivity index (χ1) is 14.6. The number of nitrogens with one attached hydrogen (secondary N) is 2. The van der Waals surface area contributed by atoms with Crippen molar-refractivity contribution in [2.45, 2.75) is 20.3 Å². The van der Waals surface area contributed by atoms with Crippen LogP contribution in [0.25, 0.3) is 10.9 Å². The Labute approximate surface area is 175 Å². The lowest BCUT2D eigenvalue weighted by molar-refractivity contribution is -0.136. The van der Waals surface area contributed by atoms with Gasteiger partial charge in [-0.25, -0.2) is 0 Å². The Kier molecular flexibility index (Phi) is 7.21. The van der Waals surface area contributed by atoms with Crippen LogP contribution >= 0.6 is 0 Å². The maximum Gasteiger partial charge on any atom is 0.313 e. The summed E-state index contributed by atoms with van der Waals surface area (Å²) in [7, 11) is 0. The number of carbonyl (C=O) groups is 2. The molecule has 0 aliphatic heterocycles. The maximum absolute atomic E-state index is 12.3. The highest BCUT2D eigenvalue weighted by atomic mass is 16.5. The first-order valence-corrected chi connectivity index (χ1v) is 9.93. The number of hydrogen-bond donors (Lipinski definition) is 2. The number of aromatic nitrogens is 1. The van der Waals surface area contributed by atoms with Crippen LogP contribution in [0.3, 0.4) is 0 Å². The third-order valence-electron chi connectivity index (χ3n) is 4.39. The van der Waals surface area contributed by atoms with Gasteiger partial charge in [-0.2, -0.15) is 0 Å². The second-order valence-electron chi connectivity index (χ2n) is 6.49. The molecule has 2 N–H and O–H groups in total. The van der Waals surface area contributed by atoms with E-state index < -0.39 is 11.8 Å². The van der Waals surface area contributed by atoms with Crippen LogP contribution in [0, 0.1) is 0 Å². The zero-order chi connectivity index (χ0) is 21.3. The summed E-state index contributed by atoms with van der Waals surface area (Å²) in [5, 5.41) is 6.16. The van der Waals surface area contributed by atoms with Crippen molar-refractivity contribution in [1.29, 1.82) is 0 Å². The normalized spacial score (nSPS) is 10.5. The van der Waals surface area contributed by atoms with Crippen molar-refractivity contribution >= 4 is 28.4 Å². The fourth-order valence-electron chi connectivity index (χ4n) is 3.04. The molecule has 7 heteroatoms. The van der Waals surface area contributed by atoms with Crippen molar-refractivity contribution in [2.24, 2.45) is 0 Å². The van der Waals surface area contributed by atoms with Crippen LogP contribution in [0.5, 0.6) is 11.5 Å². The van der Waals surface area contributed by atoms with Gasteiger partial charge < -0.3 is 20.1 Å². The van der Waals surface area contributed by atoms with Crippen LogP contribution in [-0.4, -0.2) is 36.6 Å². The molecule has 0 radical (unpaired) electrons. The summed E-state index contributed by atoms with van der Waals surface area (Å²) >= 11 is 0. The van der Waals surface area contributed by atoms with Gasteiger partial charge in [0.1, 0.15) is 0 Å². The smallest absolute Gasteiger partial charge is 0.313 e. The fourth-order valence-corrected chi connectivity index (χ4v) is 3.04. The predicted molar refractivity (Wildman–Crippen MR) is 116 cm³/mol. The van der Waals surface area contributed by atoms with Gasteiger partial charge in [-0.05, 0) is 50.1 Å². The van der Waals surface area contributed by atoms with Gasteiger partial charge in [0.15, 0.2) is 11.5 Å². The number of pyridine rings is 1. The summed E-state index contributed by atoms with van der Waals surface area (Å²) in [6.07, 6.45) is 2.20. The lowest BCUT2D eigenvalue weighted by Crippen LogP contribution is -2.36. The number of carbonyl (C=O) groups excluding carboxylic acids is 2. The minimum atomic E-state index is -0.727. The highest BCUT2D eigenvalue weighted by Crippen LogP contribution is 2.28. The number of hydrogen-bond acceptors (Lipinski definition) is 5.